The van der Waals surface area contributed by atoms with Gasteiger partial charge in [0.1, 0.15) is 0 Å². The molecular weight excluding hydrogens is 392 g/mol. The van der Waals surface area contributed by atoms with Crippen molar-refractivity contribution in [1.29, 1.82) is 0 Å². The molecule has 1 heterocycles. The predicted octanol–water partition coefficient (Wildman–Crippen LogP) is 2.93. The van der Waals surface area contributed by atoms with Crippen molar-refractivity contribution in [2.45, 2.75) is 6.42 Å². The van der Waals surface area contributed by atoms with Crippen LogP contribution < -0.4 is 18.9 Å². The molecule has 1 unspecified atom stereocenters. The Labute approximate surface area is 174 Å². The Morgan fingerprint density at radius 2 is 1.60 bits per heavy atom. The van der Waals surface area contributed by atoms with Gasteiger partial charge in [-0.1, -0.05) is 0 Å². The largest absolute Gasteiger partial charge is 0.504 e. The van der Waals surface area contributed by atoms with Crippen LogP contribution in [-0.2, 0) is 16.0 Å². The summed E-state index contributed by atoms with van der Waals surface area (Å²) in [7, 11) is 5.96. The van der Waals surface area contributed by atoms with Crippen LogP contribution in [0.2, 0.25) is 0 Å². The molecule has 0 aromatic heterocycles. The average Bonchev–Trinajstić information content (AvgIpc) is 3.08. The lowest BCUT2D eigenvalue weighted by Gasteiger charge is -2.14. The summed E-state index contributed by atoms with van der Waals surface area (Å²) in [6, 6.07) is 6.55. The smallest absolute Gasteiger partial charge is 0.334 e. The Kier molecular flexibility index (Phi) is 6.25. The Hall–Kier alpha value is -3.55. The van der Waals surface area contributed by atoms with Crippen molar-refractivity contribution in [3.63, 3.8) is 0 Å². The van der Waals surface area contributed by atoms with Gasteiger partial charge in [-0.3, -0.25) is 0 Å². The van der Waals surface area contributed by atoms with Crippen molar-refractivity contribution in [2.24, 2.45) is 5.92 Å². The number of phenols is 2. The van der Waals surface area contributed by atoms with Gasteiger partial charge in [-0.2, -0.15) is 0 Å². The van der Waals surface area contributed by atoms with Crippen LogP contribution in [0.4, 0.5) is 0 Å². The summed E-state index contributed by atoms with van der Waals surface area (Å²) in [5.74, 6) is 0.288. The lowest BCUT2D eigenvalue weighted by Crippen LogP contribution is -2.08. The lowest BCUT2D eigenvalue weighted by atomic mass is 9.92. The van der Waals surface area contributed by atoms with Crippen LogP contribution in [0.25, 0.3) is 6.08 Å². The zero-order valence-corrected chi connectivity index (χ0v) is 17.2. The van der Waals surface area contributed by atoms with Crippen molar-refractivity contribution >= 4 is 12.0 Å². The van der Waals surface area contributed by atoms with Crippen LogP contribution in [0, 0.1) is 5.92 Å². The number of benzene rings is 2. The number of hydrogen-bond acceptors (Lipinski definition) is 8. The van der Waals surface area contributed by atoms with E-state index in [4.69, 9.17) is 23.7 Å². The van der Waals surface area contributed by atoms with Gasteiger partial charge in [-0.15, -0.1) is 0 Å². The Morgan fingerprint density at radius 3 is 2.17 bits per heavy atom. The van der Waals surface area contributed by atoms with Crippen LogP contribution >= 0.6 is 0 Å². The summed E-state index contributed by atoms with van der Waals surface area (Å²) in [6.45, 7) is 0.207. The highest BCUT2D eigenvalue weighted by atomic mass is 16.5. The average molecular weight is 416 g/mol. The first kappa shape index (κ1) is 21.2. The number of carbonyl (C=O) groups is 1. The van der Waals surface area contributed by atoms with Crippen LogP contribution in [0.3, 0.4) is 0 Å². The molecule has 0 saturated carbocycles. The maximum absolute atomic E-state index is 12.4. The van der Waals surface area contributed by atoms with Crippen LogP contribution in [0.5, 0.6) is 34.5 Å². The topological polar surface area (TPSA) is 104 Å². The molecule has 8 nitrogen and oxygen atoms in total. The summed E-state index contributed by atoms with van der Waals surface area (Å²) in [4.78, 5) is 12.4. The molecule has 2 N–H and O–H groups in total. The normalized spacial score (nSPS) is 17.0. The molecule has 2 aromatic rings. The van der Waals surface area contributed by atoms with Gasteiger partial charge in [-0.05, 0) is 47.9 Å². The van der Waals surface area contributed by atoms with E-state index < -0.39 is 5.97 Å². The summed E-state index contributed by atoms with van der Waals surface area (Å²) in [5, 5.41) is 19.7. The molecule has 1 aliphatic heterocycles. The van der Waals surface area contributed by atoms with Crippen molar-refractivity contribution in [3.8, 4) is 34.5 Å². The first-order chi connectivity index (χ1) is 14.4. The molecular formula is C22H24O8. The molecule has 30 heavy (non-hydrogen) atoms. The lowest BCUT2D eigenvalue weighted by molar-refractivity contribution is -0.135. The van der Waals surface area contributed by atoms with E-state index in [9.17, 15) is 15.0 Å². The first-order valence-corrected chi connectivity index (χ1v) is 9.19. The molecule has 0 aliphatic carbocycles. The maximum atomic E-state index is 12.4. The number of cyclic esters (lactones) is 1. The number of carbonyl (C=O) groups excluding carboxylic acids is 1. The molecule has 1 fully saturated rings. The molecule has 0 bridgehead atoms. The minimum absolute atomic E-state index is 0.158. The van der Waals surface area contributed by atoms with Crippen LogP contribution in [-0.4, -0.2) is 51.2 Å². The second kappa shape index (κ2) is 8.86. The number of aromatic hydroxyl groups is 2. The summed E-state index contributed by atoms with van der Waals surface area (Å²) in [6.07, 6.45) is 2.13. The second-order valence-corrected chi connectivity index (χ2v) is 6.72. The van der Waals surface area contributed by atoms with Gasteiger partial charge in [0.25, 0.3) is 0 Å². The third-order valence-corrected chi connectivity index (χ3v) is 4.92. The summed E-state index contributed by atoms with van der Waals surface area (Å²) < 4.78 is 26.4. The van der Waals surface area contributed by atoms with Crippen LogP contribution in [0.15, 0.2) is 29.8 Å². The van der Waals surface area contributed by atoms with Gasteiger partial charge in [0.2, 0.25) is 11.5 Å². The number of rotatable bonds is 7. The van der Waals surface area contributed by atoms with E-state index in [1.165, 1.54) is 34.5 Å². The minimum atomic E-state index is -0.413. The van der Waals surface area contributed by atoms with E-state index in [-0.39, 0.29) is 29.8 Å². The van der Waals surface area contributed by atoms with E-state index in [0.29, 0.717) is 40.4 Å². The highest BCUT2D eigenvalue weighted by Crippen LogP contribution is 2.40. The highest BCUT2D eigenvalue weighted by Gasteiger charge is 2.31. The molecule has 1 atom stereocenters. The first-order valence-electron chi connectivity index (χ1n) is 9.19. The number of ether oxygens (including phenoxy) is 5. The van der Waals surface area contributed by atoms with E-state index in [1.54, 1.807) is 24.3 Å². The quantitative estimate of drug-likeness (QED) is 0.403. The fourth-order valence-corrected chi connectivity index (χ4v) is 3.43. The molecule has 1 aliphatic rings. The van der Waals surface area contributed by atoms with Crippen molar-refractivity contribution in [3.05, 3.63) is 41.0 Å². The third-order valence-electron chi connectivity index (χ3n) is 4.92. The minimum Gasteiger partial charge on any atom is -0.504 e. The van der Waals surface area contributed by atoms with Gasteiger partial charge in [0.05, 0.1) is 35.0 Å². The molecule has 3 rings (SSSR count). The van der Waals surface area contributed by atoms with E-state index in [2.05, 4.69) is 0 Å². The fraction of sp³-hybridized carbons (Fsp3) is 0.318. The number of hydrogen-bond donors (Lipinski definition) is 2. The monoisotopic (exact) mass is 416 g/mol. The van der Waals surface area contributed by atoms with Crippen molar-refractivity contribution in [1.82, 2.24) is 0 Å². The predicted molar refractivity (Wildman–Crippen MR) is 109 cm³/mol. The molecule has 0 amide bonds. The van der Waals surface area contributed by atoms with Gasteiger partial charge in [0, 0.05) is 11.5 Å². The third kappa shape index (κ3) is 4.07. The van der Waals surface area contributed by atoms with E-state index in [1.807, 2.05) is 0 Å². The van der Waals surface area contributed by atoms with Gasteiger partial charge in [-0.25, -0.2) is 4.79 Å². The zero-order valence-electron chi connectivity index (χ0n) is 17.2. The molecule has 0 radical (unpaired) electrons. The second-order valence-electron chi connectivity index (χ2n) is 6.72. The zero-order chi connectivity index (χ0) is 21.8. The standard InChI is InChI=1S/C22H24O8/c1-26-17-8-12(7-16(23)20(17)24)5-14-11-30-22(25)15(14)6-13-9-18(27-2)21(29-4)19(10-13)28-3/h6-10,14,23-24H,5,11H2,1-4H3/b15-6+. The fourth-order valence-electron chi connectivity index (χ4n) is 3.43. The number of phenolic OH excluding ortho intramolecular Hbond substituents is 2. The number of esters is 1. The van der Waals surface area contributed by atoms with Crippen LogP contribution in [0.1, 0.15) is 11.1 Å². The van der Waals surface area contributed by atoms with Crippen molar-refractivity contribution in [2.75, 3.05) is 35.0 Å². The molecule has 2 aromatic carbocycles. The SMILES string of the molecule is COc1cc(CC2COC(=O)/C2=C/c2cc(OC)c(OC)c(OC)c2)cc(O)c1O. The highest BCUT2D eigenvalue weighted by molar-refractivity contribution is 5.96. The Balaban J connectivity index is 1.96. The number of methoxy groups -OCH3 is 4. The summed E-state index contributed by atoms with van der Waals surface area (Å²) in [5.41, 5.74) is 1.87. The molecule has 0 spiro atoms. The van der Waals surface area contributed by atoms with Gasteiger partial charge >= 0.3 is 5.97 Å². The Bertz CT molecular complexity index is 954. The maximum Gasteiger partial charge on any atom is 0.334 e. The molecule has 160 valence electrons. The van der Waals surface area contributed by atoms with Gasteiger partial charge < -0.3 is 33.9 Å². The van der Waals surface area contributed by atoms with Crippen molar-refractivity contribution < 1.29 is 38.7 Å². The molecule has 8 heteroatoms. The molecule has 1 saturated heterocycles. The summed E-state index contributed by atoms with van der Waals surface area (Å²) >= 11 is 0. The Morgan fingerprint density at radius 1 is 0.967 bits per heavy atom. The van der Waals surface area contributed by atoms with Gasteiger partial charge in [0.15, 0.2) is 23.0 Å². The van der Waals surface area contributed by atoms with E-state index in [0.717, 1.165) is 0 Å². The van der Waals surface area contributed by atoms with E-state index >= 15 is 0 Å².